The molecule has 1 amide bonds. The molecule has 0 aliphatic rings. The molecule has 0 fully saturated rings. The van der Waals surface area contributed by atoms with Gasteiger partial charge in [-0.05, 0) is 5.56 Å². The van der Waals surface area contributed by atoms with Crippen LogP contribution in [-0.2, 0) is 11.3 Å². The van der Waals surface area contributed by atoms with Gasteiger partial charge < -0.3 is 9.84 Å². The highest BCUT2D eigenvalue weighted by molar-refractivity contribution is 5.86. The van der Waals surface area contributed by atoms with Gasteiger partial charge in [-0.3, -0.25) is 9.88 Å². The van der Waals surface area contributed by atoms with Gasteiger partial charge in [0, 0.05) is 12.4 Å². The normalized spacial score (nSPS) is 10.1. The van der Waals surface area contributed by atoms with Gasteiger partial charge in [-0.15, -0.1) is 0 Å². The molecule has 0 atom stereocenters. The van der Waals surface area contributed by atoms with E-state index in [0.717, 1.165) is 5.56 Å². The van der Waals surface area contributed by atoms with Crippen molar-refractivity contribution in [3.8, 4) is 0 Å². The fraction of sp³-hybridized carbons (Fsp3) is 0.214. The molecule has 104 valence electrons. The number of aromatic nitrogens is 2. The highest BCUT2D eigenvalue weighted by Crippen LogP contribution is 2.10. The molecule has 0 aliphatic carbocycles. The molecule has 1 heterocycles. The molecule has 0 radical (unpaired) electrons. The van der Waals surface area contributed by atoms with E-state index in [1.807, 2.05) is 30.3 Å². The van der Waals surface area contributed by atoms with Crippen LogP contribution in [0.1, 0.15) is 5.56 Å². The van der Waals surface area contributed by atoms with Gasteiger partial charge >= 0.3 is 6.09 Å². The monoisotopic (exact) mass is 273 g/mol. The zero-order chi connectivity index (χ0) is 14.2. The second-order valence-electron chi connectivity index (χ2n) is 3.98. The van der Waals surface area contributed by atoms with Crippen molar-refractivity contribution in [2.45, 2.75) is 6.61 Å². The van der Waals surface area contributed by atoms with E-state index in [1.165, 1.54) is 23.5 Å². The summed E-state index contributed by atoms with van der Waals surface area (Å²) in [7, 11) is 0. The predicted molar refractivity (Wildman–Crippen MR) is 73.1 cm³/mol. The maximum Gasteiger partial charge on any atom is 0.415 e. The second-order valence-corrected chi connectivity index (χ2v) is 3.98. The van der Waals surface area contributed by atoms with E-state index in [9.17, 15) is 4.79 Å². The van der Waals surface area contributed by atoms with Crippen molar-refractivity contribution in [3.05, 3.63) is 54.5 Å². The molecule has 2 aromatic rings. The molecule has 20 heavy (non-hydrogen) atoms. The van der Waals surface area contributed by atoms with Gasteiger partial charge in [-0.25, -0.2) is 9.78 Å². The number of aliphatic hydroxyl groups excluding tert-OH is 1. The number of anilines is 1. The lowest BCUT2D eigenvalue weighted by atomic mass is 10.2. The van der Waals surface area contributed by atoms with Crippen molar-refractivity contribution < 1.29 is 14.6 Å². The zero-order valence-corrected chi connectivity index (χ0v) is 10.8. The van der Waals surface area contributed by atoms with Crippen LogP contribution in [0.4, 0.5) is 10.6 Å². The maximum atomic E-state index is 12.0. The number of ether oxygens (including phenoxy) is 1. The third-order valence-corrected chi connectivity index (χ3v) is 2.58. The van der Waals surface area contributed by atoms with Crippen molar-refractivity contribution in [2.75, 3.05) is 18.1 Å². The lowest BCUT2D eigenvalue weighted by molar-refractivity contribution is 0.145. The van der Waals surface area contributed by atoms with Crippen LogP contribution in [0.5, 0.6) is 0 Å². The molecule has 2 rings (SSSR count). The third kappa shape index (κ3) is 3.76. The Bertz CT molecular complexity index is 534. The summed E-state index contributed by atoms with van der Waals surface area (Å²) in [6.45, 7) is 0.0885. The SMILES string of the molecule is O=C(OCc1ccccc1)N(CCO)c1cnccn1. The van der Waals surface area contributed by atoms with Crippen molar-refractivity contribution in [3.63, 3.8) is 0 Å². The number of hydrogen-bond acceptors (Lipinski definition) is 5. The number of aliphatic hydroxyl groups is 1. The Kier molecular flexibility index (Phi) is 5.02. The Balaban J connectivity index is 2.01. The maximum absolute atomic E-state index is 12.0. The summed E-state index contributed by atoms with van der Waals surface area (Å²) in [6.07, 6.45) is 3.86. The largest absolute Gasteiger partial charge is 0.444 e. The molecule has 6 heteroatoms. The molecular weight excluding hydrogens is 258 g/mol. The van der Waals surface area contributed by atoms with Gasteiger partial charge in [0.2, 0.25) is 0 Å². The second kappa shape index (κ2) is 7.20. The Hall–Kier alpha value is -2.47. The van der Waals surface area contributed by atoms with Crippen LogP contribution in [-0.4, -0.2) is 34.3 Å². The first-order chi connectivity index (χ1) is 9.81. The van der Waals surface area contributed by atoms with E-state index in [0.29, 0.717) is 5.82 Å². The lowest BCUT2D eigenvalue weighted by Crippen LogP contribution is -2.34. The minimum Gasteiger partial charge on any atom is -0.444 e. The average molecular weight is 273 g/mol. The van der Waals surface area contributed by atoms with Gasteiger partial charge in [0.15, 0.2) is 5.82 Å². The van der Waals surface area contributed by atoms with Crippen LogP contribution in [0.3, 0.4) is 0 Å². The first-order valence-electron chi connectivity index (χ1n) is 6.16. The van der Waals surface area contributed by atoms with Crippen molar-refractivity contribution >= 4 is 11.9 Å². The summed E-state index contributed by atoms with van der Waals surface area (Å²) in [5.41, 5.74) is 0.893. The molecule has 0 unspecified atom stereocenters. The molecule has 0 aliphatic heterocycles. The highest BCUT2D eigenvalue weighted by Gasteiger charge is 2.18. The van der Waals surface area contributed by atoms with Gasteiger partial charge in [-0.2, -0.15) is 0 Å². The Labute approximate surface area is 116 Å². The van der Waals surface area contributed by atoms with Crippen LogP contribution in [0, 0.1) is 0 Å². The molecule has 1 aromatic carbocycles. The van der Waals surface area contributed by atoms with Crippen molar-refractivity contribution in [1.82, 2.24) is 9.97 Å². The van der Waals surface area contributed by atoms with Gasteiger partial charge in [0.1, 0.15) is 6.61 Å². The minimum atomic E-state index is -0.566. The first kappa shape index (κ1) is 14.0. The summed E-state index contributed by atoms with van der Waals surface area (Å²) in [4.78, 5) is 21.2. The number of benzene rings is 1. The number of carbonyl (C=O) groups excluding carboxylic acids is 1. The first-order valence-corrected chi connectivity index (χ1v) is 6.16. The van der Waals surface area contributed by atoms with Crippen LogP contribution in [0.15, 0.2) is 48.9 Å². The summed E-state index contributed by atoms with van der Waals surface area (Å²) >= 11 is 0. The minimum absolute atomic E-state index is 0.103. The smallest absolute Gasteiger partial charge is 0.415 e. The van der Waals surface area contributed by atoms with Gasteiger partial charge in [0.25, 0.3) is 0 Å². The summed E-state index contributed by atoms with van der Waals surface area (Å²) in [6, 6.07) is 9.37. The fourth-order valence-corrected chi connectivity index (χ4v) is 1.63. The lowest BCUT2D eigenvalue weighted by Gasteiger charge is -2.19. The zero-order valence-electron chi connectivity index (χ0n) is 10.8. The van der Waals surface area contributed by atoms with E-state index in [2.05, 4.69) is 9.97 Å². The van der Waals surface area contributed by atoms with Crippen LogP contribution in [0.2, 0.25) is 0 Å². The van der Waals surface area contributed by atoms with Crippen LogP contribution in [0.25, 0.3) is 0 Å². The number of carbonyl (C=O) groups is 1. The molecule has 0 spiro atoms. The van der Waals surface area contributed by atoms with Crippen LogP contribution < -0.4 is 4.90 Å². The predicted octanol–water partition coefficient (Wildman–Crippen LogP) is 1.61. The number of rotatable bonds is 5. The highest BCUT2D eigenvalue weighted by atomic mass is 16.6. The fourth-order valence-electron chi connectivity index (χ4n) is 1.63. The van der Waals surface area contributed by atoms with E-state index < -0.39 is 6.09 Å². The Morgan fingerprint density at radius 1 is 1.25 bits per heavy atom. The van der Waals surface area contributed by atoms with Crippen molar-refractivity contribution in [1.29, 1.82) is 0 Å². The number of amides is 1. The standard InChI is InChI=1S/C14H15N3O3/c18-9-8-17(13-10-15-6-7-16-13)14(19)20-11-12-4-2-1-3-5-12/h1-7,10,18H,8-9,11H2. The number of hydrogen-bond donors (Lipinski definition) is 1. The summed E-state index contributed by atoms with van der Waals surface area (Å²) in [5.74, 6) is 0.347. The molecule has 0 saturated heterocycles. The van der Waals surface area contributed by atoms with E-state index >= 15 is 0 Å². The molecule has 0 bridgehead atoms. The molecule has 6 nitrogen and oxygen atoms in total. The number of nitrogens with zero attached hydrogens (tertiary/aromatic N) is 3. The van der Waals surface area contributed by atoms with Crippen LogP contribution >= 0.6 is 0 Å². The molecule has 1 N–H and O–H groups in total. The van der Waals surface area contributed by atoms with E-state index in [-0.39, 0.29) is 19.8 Å². The van der Waals surface area contributed by atoms with Gasteiger partial charge in [0.05, 0.1) is 19.3 Å². The third-order valence-electron chi connectivity index (χ3n) is 2.58. The van der Waals surface area contributed by atoms with E-state index in [4.69, 9.17) is 9.84 Å². The summed E-state index contributed by atoms with van der Waals surface area (Å²) in [5, 5.41) is 9.03. The molecule has 1 aromatic heterocycles. The topological polar surface area (TPSA) is 75.5 Å². The van der Waals surface area contributed by atoms with Gasteiger partial charge in [-0.1, -0.05) is 30.3 Å². The molecule has 0 saturated carbocycles. The molecular formula is C14H15N3O3. The average Bonchev–Trinajstić information content (AvgIpc) is 2.52. The summed E-state index contributed by atoms with van der Waals surface area (Å²) < 4.78 is 5.21. The van der Waals surface area contributed by atoms with E-state index in [1.54, 1.807) is 0 Å². The van der Waals surface area contributed by atoms with Crippen molar-refractivity contribution in [2.24, 2.45) is 0 Å². The quantitative estimate of drug-likeness (QED) is 0.895. The Morgan fingerprint density at radius 3 is 2.70 bits per heavy atom. The Morgan fingerprint density at radius 2 is 2.05 bits per heavy atom.